The number of aromatic nitrogens is 2. The van der Waals surface area contributed by atoms with Gasteiger partial charge in [-0.1, -0.05) is 43.6 Å². The number of rotatable bonds is 10. The quantitative estimate of drug-likeness (QED) is 0.526. The average molecular weight is 337 g/mol. The van der Waals surface area contributed by atoms with Gasteiger partial charge in [-0.2, -0.15) is 0 Å². The van der Waals surface area contributed by atoms with E-state index in [0.29, 0.717) is 24.8 Å². The Kier molecular flexibility index (Phi) is 6.98. The highest BCUT2D eigenvalue weighted by atomic mass is 32.1. The van der Waals surface area contributed by atoms with E-state index in [9.17, 15) is 4.79 Å². The number of hydrogen-bond acceptors (Lipinski definition) is 5. The molecule has 0 spiro atoms. The van der Waals surface area contributed by atoms with E-state index in [1.807, 2.05) is 11.8 Å². The first-order valence-corrected chi connectivity index (χ1v) is 9.27. The van der Waals surface area contributed by atoms with Crippen LogP contribution in [-0.2, 0) is 6.42 Å². The Morgan fingerprint density at radius 3 is 2.87 bits per heavy atom. The van der Waals surface area contributed by atoms with Crippen LogP contribution in [-0.4, -0.2) is 46.9 Å². The first kappa shape index (κ1) is 17.9. The fourth-order valence-electron chi connectivity index (χ4n) is 2.65. The number of hydrogen-bond donors (Lipinski definition) is 1. The van der Waals surface area contributed by atoms with E-state index in [1.54, 1.807) is 11.0 Å². The topological polar surface area (TPSA) is 61.4 Å². The van der Waals surface area contributed by atoms with Gasteiger partial charge in [-0.3, -0.25) is 10.2 Å². The third-order valence-corrected chi connectivity index (χ3v) is 4.95. The van der Waals surface area contributed by atoms with Gasteiger partial charge in [0.25, 0.3) is 0 Å². The molecule has 1 saturated heterocycles. The molecule has 7 heteroatoms. The predicted octanol–water partition coefficient (Wildman–Crippen LogP) is 3.02. The lowest BCUT2D eigenvalue weighted by molar-refractivity contribution is 0.222. The summed E-state index contributed by atoms with van der Waals surface area (Å²) < 4.78 is 0. The maximum absolute atomic E-state index is 12.5. The van der Waals surface area contributed by atoms with Crippen molar-refractivity contribution < 1.29 is 4.79 Å². The summed E-state index contributed by atoms with van der Waals surface area (Å²) in [5.41, 5.74) is 0. The molecule has 0 saturated carbocycles. The number of nitrogens with one attached hydrogen (secondary N) is 1. The summed E-state index contributed by atoms with van der Waals surface area (Å²) in [6.45, 7) is 9.94. The summed E-state index contributed by atoms with van der Waals surface area (Å²) in [6, 6.07) is 0.00254. The van der Waals surface area contributed by atoms with Crippen molar-refractivity contribution in [3.8, 4) is 0 Å². The number of carbonyl (C=O) groups is 1. The summed E-state index contributed by atoms with van der Waals surface area (Å²) in [5, 5.41) is 13.6. The van der Waals surface area contributed by atoms with E-state index in [4.69, 9.17) is 0 Å². The average Bonchev–Trinajstić information content (AvgIpc) is 3.13. The monoisotopic (exact) mass is 337 g/mol. The molecule has 0 radical (unpaired) electrons. The van der Waals surface area contributed by atoms with E-state index in [2.05, 4.69) is 29.0 Å². The lowest BCUT2D eigenvalue weighted by atomic mass is 10.2. The van der Waals surface area contributed by atoms with E-state index in [1.165, 1.54) is 30.6 Å². The lowest BCUT2D eigenvalue weighted by Gasteiger charge is -2.20. The molecule has 1 atom stereocenters. The van der Waals surface area contributed by atoms with Crippen LogP contribution >= 0.6 is 11.3 Å². The molecular formula is C16H27N5OS. The highest BCUT2D eigenvalue weighted by Crippen LogP contribution is 2.27. The molecule has 0 bridgehead atoms. The van der Waals surface area contributed by atoms with Crippen molar-refractivity contribution in [2.24, 2.45) is 0 Å². The molecule has 1 N–H and O–H groups in total. The molecule has 1 aromatic rings. The molecule has 1 fully saturated rings. The van der Waals surface area contributed by atoms with Gasteiger partial charge in [-0.25, -0.2) is 4.79 Å². The smallest absolute Gasteiger partial charge is 0.321 e. The van der Waals surface area contributed by atoms with Crippen LogP contribution in [0.15, 0.2) is 12.7 Å². The van der Waals surface area contributed by atoms with Crippen molar-refractivity contribution in [1.29, 1.82) is 0 Å². The Morgan fingerprint density at radius 1 is 1.35 bits per heavy atom. The zero-order chi connectivity index (χ0) is 16.7. The molecule has 1 unspecified atom stereocenters. The zero-order valence-electron chi connectivity index (χ0n) is 14.1. The molecular weight excluding hydrogens is 310 g/mol. The Hall–Kier alpha value is -1.47. The third-order valence-electron chi connectivity index (χ3n) is 3.97. The van der Waals surface area contributed by atoms with Crippen molar-refractivity contribution in [3.63, 3.8) is 0 Å². The molecule has 23 heavy (non-hydrogen) atoms. The van der Waals surface area contributed by atoms with Gasteiger partial charge in [0.05, 0.1) is 6.54 Å². The van der Waals surface area contributed by atoms with Crippen molar-refractivity contribution in [3.05, 3.63) is 17.7 Å². The normalized spacial score (nSPS) is 18.0. The minimum Gasteiger partial charge on any atom is -0.321 e. The number of urea groups is 1. The van der Waals surface area contributed by atoms with E-state index in [0.717, 1.165) is 17.8 Å². The van der Waals surface area contributed by atoms with Crippen LogP contribution in [0.5, 0.6) is 0 Å². The Balaban J connectivity index is 2.03. The number of nitrogens with zero attached hydrogens (tertiary/aromatic N) is 4. The van der Waals surface area contributed by atoms with Gasteiger partial charge in [0.1, 0.15) is 11.2 Å². The Labute approximate surface area is 142 Å². The first-order valence-electron chi connectivity index (χ1n) is 8.46. The molecule has 128 valence electrons. The second-order valence-electron chi connectivity index (χ2n) is 5.69. The third kappa shape index (κ3) is 4.51. The molecule has 1 aliphatic heterocycles. The first-order chi connectivity index (χ1) is 11.2. The predicted molar refractivity (Wildman–Crippen MR) is 94.9 cm³/mol. The van der Waals surface area contributed by atoms with Crippen molar-refractivity contribution in [2.75, 3.05) is 24.5 Å². The summed E-state index contributed by atoms with van der Waals surface area (Å²) in [5.74, 6) is 0. The number of amides is 2. The van der Waals surface area contributed by atoms with Crippen LogP contribution in [0.4, 0.5) is 9.93 Å². The zero-order valence-corrected chi connectivity index (χ0v) is 14.9. The van der Waals surface area contributed by atoms with Crippen LogP contribution in [0.1, 0.15) is 44.5 Å². The number of likely N-dealkylation sites (N-methyl/N-ethyl adjacent to an activating group) is 1. The fraction of sp³-hybridized carbons (Fsp3) is 0.688. The highest BCUT2D eigenvalue weighted by Gasteiger charge is 2.38. The van der Waals surface area contributed by atoms with E-state index in [-0.39, 0.29) is 12.2 Å². The molecule has 2 amide bonds. The number of anilines is 1. The Bertz CT molecular complexity index is 518. The molecule has 0 aliphatic carbocycles. The molecule has 0 aromatic carbocycles. The minimum atomic E-state index is -0.0682. The second-order valence-corrected chi connectivity index (χ2v) is 6.73. The van der Waals surface area contributed by atoms with Crippen LogP contribution in [0, 0.1) is 0 Å². The van der Waals surface area contributed by atoms with Crippen LogP contribution in [0.3, 0.4) is 0 Å². The summed E-state index contributed by atoms with van der Waals surface area (Å²) in [6.07, 6.45) is 7.53. The molecule has 2 rings (SSSR count). The van der Waals surface area contributed by atoms with Gasteiger partial charge in [0.2, 0.25) is 5.13 Å². The molecule has 2 heterocycles. The number of aryl methyl sites for hydroxylation is 1. The van der Waals surface area contributed by atoms with E-state index < -0.39 is 0 Å². The Morgan fingerprint density at radius 2 is 2.17 bits per heavy atom. The minimum absolute atomic E-state index is 0.00254. The number of carbonyl (C=O) groups excluding carboxylic acids is 1. The molecule has 6 nitrogen and oxygen atoms in total. The molecule has 1 aromatic heterocycles. The standard InChI is InChI=1S/C16H27N5OS/c1-4-7-8-9-10-14-18-19-15(23-14)21-13(17-11-5-2)12-20(6-3)16(21)22/h5,13,17H,2,4,6-12H2,1,3H3. The maximum atomic E-state index is 12.5. The van der Waals surface area contributed by atoms with Crippen LogP contribution < -0.4 is 10.2 Å². The van der Waals surface area contributed by atoms with Crippen molar-refractivity contribution in [2.45, 2.75) is 52.1 Å². The maximum Gasteiger partial charge on any atom is 0.327 e. The van der Waals surface area contributed by atoms with Crippen molar-refractivity contribution in [1.82, 2.24) is 20.4 Å². The highest BCUT2D eigenvalue weighted by molar-refractivity contribution is 7.15. The van der Waals surface area contributed by atoms with Gasteiger partial charge >= 0.3 is 6.03 Å². The van der Waals surface area contributed by atoms with Gasteiger partial charge in [0, 0.05) is 19.5 Å². The van der Waals surface area contributed by atoms with Crippen molar-refractivity contribution >= 4 is 22.5 Å². The van der Waals surface area contributed by atoms with Gasteiger partial charge < -0.3 is 4.90 Å². The fourth-order valence-corrected chi connectivity index (χ4v) is 3.58. The second kappa shape index (κ2) is 8.98. The van der Waals surface area contributed by atoms with Gasteiger partial charge in [0.15, 0.2) is 0 Å². The van der Waals surface area contributed by atoms with Crippen LogP contribution in [0.2, 0.25) is 0 Å². The SMILES string of the molecule is C=CCNC1CN(CC)C(=O)N1c1nnc(CCCCCC)s1. The molecule has 1 aliphatic rings. The summed E-state index contributed by atoms with van der Waals surface area (Å²) in [7, 11) is 0. The van der Waals surface area contributed by atoms with Gasteiger partial charge in [-0.05, 0) is 13.3 Å². The van der Waals surface area contributed by atoms with Gasteiger partial charge in [-0.15, -0.1) is 16.8 Å². The largest absolute Gasteiger partial charge is 0.327 e. The van der Waals surface area contributed by atoms with Crippen LogP contribution in [0.25, 0.3) is 0 Å². The summed E-state index contributed by atoms with van der Waals surface area (Å²) in [4.78, 5) is 16.1. The lowest BCUT2D eigenvalue weighted by Crippen LogP contribution is -2.44. The number of unbranched alkanes of at least 4 members (excludes halogenated alkanes) is 3. The summed E-state index contributed by atoms with van der Waals surface area (Å²) >= 11 is 1.53. The van der Waals surface area contributed by atoms with E-state index >= 15 is 0 Å².